The number of carbonyl (C=O) groups excluding carboxylic acids is 1. The van der Waals surface area contributed by atoms with Crippen LogP contribution in [0.3, 0.4) is 0 Å². The molecule has 0 aliphatic rings. The fraction of sp³-hybridized carbons (Fsp3) is 0.909. The molecule has 0 saturated carbocycles. The highest BCUT2D eigenvalue weighted by Crippen LogP contribution is 2.14. The van der Waals surface area contributed by atoms with E-state index in [1.807, 2.05) is 11.8 Å². The fourth-order valence-electron chi connectivity index (χ4n) is 1.04. The van der Waals surface area contributed by atoms with Crippen LogP contribution in [0.1, 0.15) is 41.0 Å². The number of thioether (sulfide) groups is 1. The second kappa shape index (κ2) is 6.33. The number of rotatable bonds is 5. The number of hydrogen-bond acceptors (Lipinski definition) is 2. The van der Waals surface area contributed by atoms with Gasteiger partial charge in [-0.15, -0.1) is 0 Å². The zero-order chi connectivity index (χ0) is 11.2. The number of nitrogens with one attached hydrogen (secondary N) is 1. The summed E-state index contributed by atoms with van der Waals surface area (Å²) in [6.07, 6.45) is 0.634. The molecule has 0 aliphatic carbocycles. The highest BCUT2D eigenvalue weighted by Gasteiger charge is 2.13. The summed E-state index contributed by atoms with van der Waals surface area (Å²) in [5.74, 6) is 1.25. The molecule has 1 amide bonds. The van der Waals surface area contributed by atoms with Gasteiger partial charge < -0.3 is 5.32 Å². The van der Waals surface area contributed by atoms with E-state index in [4.69, 9.17) is 0 Å². The van der Waals surface area contributed by atoms with Crippen molar-refractivity contribution in [2.45, 2.75) is 46.3 Å². The lowest BCUT2D eigenvalue weighted by Gasteiger charge is -2.19. The molecule has 0 aromatic heterocycles. The van der Waals surface area contributed by atoms with Crippen molar-refractivity contribution < 1.29 is 4.79 Å². The van der Waals surface area contributed by atoms with Crippen molar-refractivity contribution in [3.63, 3.8) is 0 Å². The van der Waals surface area contributed by atoms with Gasteiger partial charge in [-0.3, -0.25) is 4.79 Å². The zero-order valence-corrected chi connectivity index (χ0v) is 10.8. The Morgan fingerprint density at radius 2 is 2.00 bits per heavy atom. The van der Waals surface area contributed by atoms with E-state index < -0.39 is 0 Å². The van der Waals surface area contributed by atoms with E-state index in [0.717, 1.165) is 12.3 Å². The minimum Gasteiger partial charge on any atom is -0.356 e. The third-order valence-corrected chi connectivity index (χ3v) is 2.81. The molecule has 0 aromatic rings. The average Bonchev–Trinajstić information content (AvgIpc) is 2.00. The van der Waals surface area contributed by atoms with Crippen LogP contribution in [0.15, 0.2) is 0 Å². The van der Waals surface area contributed by atoms with Crippen molar-refractivity contribution in [2.24, 2.45) is 5.41 Å². The van der Waals surface area contributed by atoms with Gasteiger partial charge in [0.1, 0.15) is 0 Å². The van der Waals surface area contributed by atoms with E-state index in [-0.39, 0.29) is 11.3 Å². The first-order valence-corrected chi connectivity index (χ1v) is 6.28. The minimum atomic E-state index is 0.174. The molecule has 1 atom stereocenters. The first-order chi connectivity index (χ1) is 6.35. The van der Waals surface area contributed by atoms with E-state index in [9.17, 15) is 4.79 Å². The Bertz CT molecular complexity index is 175. The van der Waals surface area contributed by atoms with Crippen LogP contribution in [0.25, 0.3) is 0 Å². The largest absolute Gasteiger partial charge is 0.356 e. The predicted octanol–water partition coefficient (Wildman–Crippen LogP) is 2.68. The van der Waals surface area contributed by atoms with Crippen LogP contribution in [0.2, 0.25) is 0 Å². The molecule has 14 heavy (non-hydrogen) atoms. The maximum atomic E-state index is 11.5. The van der Waals surface area contributed by atoms with Gasteiger partial charge in [0, 0.05) is 18.2 Å². The summed E-state index contributed by atoms with van der Waals surface area (Å²) in [4.78, 5) is 11.5. The molecule has 0 saturated heterocycles. The zero-order valence-electron chi connectivity index (χ0n) is 10.0. The van der Waals surface area contributed by atoms with Crippen LogP contribution in [0.4, 0.5) is 0 Å². The average molecular weight is 217 g/mol. The Morgan fingerprint density at radius 3 is 2.43 bits per heavy atom. The molecule has 1 unspecified atom stereocenters. The van der Waals surface area contributed by atoms with Crippen molar-refractivity contribution in [1.29, 1.82) is 0 Å². The van der Waals surface area contributed by atoms with Gasteiger partial charge in [-0.2, -0.15) is 11.8 Å². The van der Waals surface area contributed by atoms with Crippen LogP contribution in [0, 0.1) is 5.41 Å². The van der Waals surface area contributed by atoms with E-state index in [2.05, 4.69) is 39.9 Å². The number of hydrogen-bond donors (Lipinski definition) is 1. The van der Waals surface area contributed by atoms with Crippen LogP contribution in [-0.2, 0) is 4.79 Å². The van der Waals surface area contributed by atoms with Gasteiger partial charge in [0.15, 0.2) is 0 Å². The van der Waals surface area contributed by atoms with Gasteiger partial charge in [-0.1, -0.05) is 34.6 Å². The molecular weight excluding hydrogens is 194 g/mol. The summed E-state index contributed by atoms with van der Waals surface area (Å²) in [7, 11) is 0. The van der Waals surface area contributed by atoms with E-state index in [1.54, 1.807) is 0 Å². The molecular formula is C11H23NOS. The maximum absolute atomic E-state index is 11.5. The lowest BCUT2D eigenvalue weighted by molar-refractivity contribution is -0.121. The van der Waals surface area contributed by atoms with Crippen LogP contribution < -0.4 is 5.32 Å². The lowest BCUT2D eigenvalue weighted by Crippen LogP contribution is -2.33. The summed E-state index contributed by atoms with van der Waals surface area (Å²) in [5.41, 5.74) is 0.177. The summed E-state index contributed by atoms with van der Waals surface area (Å²) in [5, 5.41) is 3.39. The van der Waals surface area contributed by atoms with Crippen molar-refractivity contribution in [3.05, 3.63) is 0 Å². The predicted molar refractivity (Wildman–Crippen MR) is 64.7 cm³/mol. The molecule has 1 N–H and O–H groups in total. The topological polar surface area (TPSA) is 29.1 Å². The molecule has 3 heteroatoms. The molecule has 0 rings (SSSR count). The van der Waals surface area contributed by atoms with Crippen LogP contribution in [-0.4, -0.2) is 23.5 Å². The lowest BCUT2D eigenvalue weighted by atomic mass is 9.97. The Balaban J connectivity index is 3.65. The fourth-order valence-corrected chi connectivity index (χ4v) is 1.88. The maximum Gasteiger partial charge on any atom is 0.221 e. The molecule has 0 aromatic carbocycles. The van der Waals surface area contributed by atoms with Gasteiger partial charge in [0.05, 0.1) is 0 Å². The van der Waals surface area contributed by atoms with Crippen LogP contribution >= 0.6 is 11.8 Å². The molecule has 84 valence electrons. The molecule has 0 radical (unpaired) electrons. The van der Waals surface area contributed by atoms with E-state index in [1.165, 1.54) is 0 Å². The molecule has 0 aliphatic heterocycles. The monoisotopic (exact) mass is 217 g/mol. The highest BCUT2D eigenvalue weighted by molar-refractivity contribution is 7.99. The molecule has 2 nitrogen and oxygen atoms in total. The second-order valence-electron chi connectivity index (χ2n) is 4.81. The first kappa shape index (κ1) is 13.8. The summed E-state index contributed by atoms with van der Waals surface area (Å²) >= 11 is 1.83. The number of amides is 1. The summed E-state index contributed by atoms with van der Waals surface area (Å²) < 4.78 is 0. The molecule has 0 fully saturated rings. The third kappa shape index (κ3) is 8.42. The van der Waals surface area contributed by atoms with Crippen LogP contribution in [0.5, 0.6) is 0 Å². The van der Waals surface area contributed by atoms with Crippen molar-refractivity contribution in [3.8, 4) is 0 Å². The van der Waals surface area contributed by atoms with Crippen molar-refractivity contribution in [2.75, 3.05) is 12.3 Å². The molecule has 0 heterocycles. The van der Waals surface area contributed by atoms with Gasteiger partial charge in [-0.05, 0) is 11.2 Å². The second-order valence-corrected chi connectivity index (χ2v) is 6.52. The van der Waals surface area contributed by atoms with Gasteiger partial charge in [0.2, 0.25) is 5.91 Å². The molecule has 0 bridgehead atoms. The third-order valence-electron chi connectivity index (χ3n) is 1.74. The Hall–Kier alpha value is -0.180. The quantitative estimate of drug-likeness (QED) is 0.767. The number of carbonyl (C=O) groups is 1. The van der Waals surface area contributed by atoms with E-state index >= 15 is 0 Å². The summed E-state index contributed by atoms with van der Waals surface area (Å²) in [6.45, 7) is 11.3. The SMILES string of the molecule is CCSC(C)CC(=O)NCC(C)(C)C. The smallest absolute Gasteiger partial charge is 0.221 e. The van der Waals surface area contributed by atoms with Crippen molar-refractivity contribution >= 4 is 17.7 Å². The van der Waals surface area contributed by atoms with E-state index in [0.29, 0.717) is 11.7 Å². The van der Waals surface area contributed by atoms with Gasteiger partial charge in [-0.25, -0.2) is 0 Å². The van der Waals surface area contributed by atoms with Gasteiger partial charge in [0.25, 0.3) is 0 Å². The molecule has 0 spiro atoms. The summed E-state index contributed by atoms with van der Waals surface area (Å²) in [6, 6.07) is 0. The first-order valence-electron chi connectivity index (χ1n) is 5.23. The minimum absolute atomic E-state index is 0.174. The Labute approximate surface area is 92.2 Å². The van der Waals surface area contributed by atoms with Crippen molar-refractivity contribution in [1.82, 2.24) is 5.32 Å². The Morgan fingerprint density at radius 1 is 1.43 bits per heavy atom. The Kier molecular flexibility index (Phi) is 6.25. The van der Waals surface area contributed by atoms with Gasteiger partial charge >= 0.3 is 0 Å². The normalized spacial score (nSPS) is 13.8. The highest BCUT2D eigenvalue weighted by atomic mass is 32.2. The standard InChI is InChI=1S/C11H23NOS/c1-6-14-9(2)7-10(13)12-8-11(3,4)5/h9H,6-8H2,1-5H3,(H,12,13).